The van der Waals surface area contributed by atoms with E-state index in [0.717, 1.165) is 22.3 Å². The molecule has 0 unspecified atom stereocenters. The number of amides is 1. The van der Waals surface area contributed by atoms with Crippen LogP contribution >= 0.6 is 11.3 Å². The second-order valence-corrected chi connectivity index (χ2v) is 6.50. The number of hydrazone groups is 1. The first-order valence-electron chi connectivity index (χ1n) is 7.69. The van der Waals surface area contributed by atoms with Gasteiger partial charge in [-0.05, 0) is 42.0 Å². The van der Waals surface area contributed by atoms with Crippen LogP contribution in [0.5, 0.6) is 0 Å². The van der Waals surface area contributed by atoms with Crippen LogP contribution in [0.3, 0.4) is 0 Å². The van der Waals surface area contributed by atoms with E-state index in [1.165, 1.54) is 16.9 Å². The van der Waals surface area contributed by atoms with Crippen molar-refractivity contribution in [2.24, 2.45) is 5.10 Å². The molecule has 0 aliphatic rings. The molecule has 0 aliphatic carbocycles. The number of hydrogen-bond acceptors (Lipinski definition) is 3. The van der Waals surface area contributed by atoms with Gasteiger partial charge in [-0.3, -0.25) is 4.79 Å². The number of carbonyl (C=O) groups is 1. The molecule has 2 aromatic carbocycles. The molecule has 1 aromatic heterocycles. The number of nitrogens with zero attached hydrogens (tertiary/aromatic N) is 1. The molecule has 1 N–H and O–H groups in total. The summed E-state index contributed by atoms with van der Waals surface area (Å²) in [4.78, 5) is 13.1. The molecule has 0 spiro atoms. The normalized spacial score (nSPS) is 10.9. The summed E-state index contributed by atoms with van der Waals surface area (Å²) in [6, 6.07) is 18.0. The maximum absolute atomic E-state index is 12.4. The van der Waals surface area contributed by atoms with Gasteiger partial charge in [0.05, 0.1) is 6.21 Å². The van der Waals surface area contributed by atoms with Gasteiger partial charge in [0.1, 0.15) is 4.88 Å². The molecule has 24 heavy (non-hydrogen) atoms. The molecule has 0 bridgehead atoms. The maximum atomic E-state index is 12.4. The van der Waals surface area contributed by atoms with Crippen molar-refractivity contribution in [1.29, 1.82) is 0 Å². The fourth-order valence-corrected chi connectivity index (χ4v) is 3.19. The summed E-state index contributed by atoms with van der Waals surface area (Å²) < 4.78 is 0. The second kappa shape index (κ2) is 7.23. The van der Waals surface area contributed by atoms with E-state index < -0.39 is 0 Å². The average molecular weight is 334 g/mol. The van der Waals surface area contributed by atoms with Crippen molar-refractivity contribution in [3.8, 4) is 11.1 Å². The molecule has 0 atom stereocenters. The average Bonchev–Trinajstić information content (AvgIpc) is 3.07. The van der Waals surface area contributed by atoms with Crippen molar-refractivity contribution in [2.45, 2.75) is 13.8 Å². The third kappa shape index (κ3) is 3.60. The summed E-state index contributed by atoms with van der Waals surface area (Å²) in [6.45, 7) is 4.06. The van der Waals surface area contributed by atoms with Crippen LogP contribution in [-0.2, 0) is 0 Å². The van der Waals surface area contributed by atoms with E-state index in [9.17, 15) is 4.79 Å². The van der Waals surface area contributed by atoms with E-state index in [4.69, 9.17) is 0 Å². The number of nitrogens with one attached hydrogen (secondary N) is 1. The van der Waals surface area contributed by atoms with Crippen molar-refractivity contribution in [3.63, 3.8) is 0 Å². The second-order valence-electron chi connectivity index (χ2n) is 5.59. The Bertz CT molecular complexity index is 879. The highest BCUT2D eigenvalue weighted by Crippen LogP contribution is 2.28. The molecule has 3 aromatic rings. The van der Waals surface area contributed by atoms with E-state index in [1.807, 2.05) is 73.8 Å². The lowest BCUT2D eigenvalue weighted by atomic mass is 10.1. The first kappa shape index (κ1) is 16.1. The Balaban J connectivity index is 1.76. The van der Waals surface area contributed by atoms with Crippen LogP contribution in [0.2, 0.25) is 0 Å². The molecule has 120 valence electrons. The van der Waals surface area contributed by atoms with Crippen LogP contribution in [-0.4, -0.2) is 12.1 Å². The number of aryl methyl sites for hydroxylation is 2. The van der Waals surface area contributed by atoms with E-state index >= 15 is 0 Å². The van der Waals surface area contributed by atoms with E-state index in [2.05, 4.69) is 10.5 Å². The zero-order valence-electron chi connectivity index (χ0n) is 13.6. The molecule has 0 fully saturated rings. The van der Waals surface area contributed by atoms with Crippen molar-refractivity contribution in [1.82, 2.24) is 5.43 Å². The Kier molecular flexibility index (Phi) is 4.87. The summed E-state index contributed by atoms with van der Waals surface area (Å²) >= 11 is 1.42. The van der Waals surface area contributed by atoms with Crippen molar-refractivity contribution >= 4 is 23.5 Å². The van der Waals surface area contributed by atoms with Crippen LogP contribution < -0.4 is 5.43 Å². The molecule has 4 heteroatoms. The first-order chi connectivity index (χ1) is 11.6. The molecule has 3 nitrogen and oxygen atoms in total. The minimum absolute atomic E-state index is 0.189. The smallest absolute Gasteiger partial charge is 0.266 e. The Hall–Kier alpha value is -2.72. The van der Waals surface area contributed by atoms with Gasteiger partial charge in [0.25, 0.3) is 5.91 Å². The molecule has 1 amide bonds. The van der Waals surface area contributed by atoms with Crippen LogP contribution in [0.1, 0.15) is 26.4 Å². The maximum Gasteiger partial charge on any atom is 0.282 e. The number of rotatable bonds is 4. The van der Waals surface area contributed by atoms with E-state index in [0.29, 0.717) is 4.88 Å². The number of carbonyl (C=O) groups excluding carboxylic acids is 1. The van der Waals surface area contributed by atoms with Crippen molar-refractivity contribution in [3.05, 3.63) is 81.5 Å². The van der Waals surface area contributed by atoms with E-state index in [-0.39, 0.29) is 5.91 Å². The fraction of sp³-hybridized carbons (Fsp3) is 0.100. The Labute approximate surface area is 145 Å². The quantitative estimate of drug-likeness (QED) is 0.540. The number of thiophene rings is 1. The van der Waals surface area contributed by atoms with Crippen molar-refractivity contribution in [2.75, 3.05) is 0 Å². The molecule has 0 radical (unpaired) electrons. The van der Waals surface area contributed by atoms with Gasteiger partial charge in [-0.2, -0.15) is 5.10 Å². The summed E-state index contributed by atoms with van der Waals surface area (Å²) in [5.74, 6) is -0.189. The minimum atomic E-state index is -0.189. The van der Waals surface area contributed by atoms with Crippen LogP contribution in [0, 0.1) is 13.8 Å². The highest BCUT2D eigenvalue weighted by molar-refractivity contribution is 7.12. The van der Waals surface area contributed by atoms with Crippen LogP contribution in [0.25, 0.3) is 11.1 Å². The monoisotopic (exact) mass is 334 g/mol. The van der Waals surface area contributed by atoms with Gasteiger partial charge >= 0.3 is 0 Å². The third-order valence-corrected chi connectivity index (χ3v) is 4.71. The Morgan fingerprint density at radius 2 is 1.79 bits per heavy atom. The molecular formula is C20H18N2OS. The molecule has 0 saturated heterocycles. The Morgan fingerprint density at radius 1 is 1.04 bits per heavy atom. The summed E-state index contributed by atoms with van der Waals surface area (Å²) in [7, 11) is 0. The van der Waals surface area contributed by atoms with Gasteiger partial charge in [-0.15, -0.1) is 11.3 Å². The standard InChI is InChI=1S/C20H18N2OS/c1-14-7-9-16(10-8-14)18-11-12-24-19(18)20(23)22-21-13-17-6-4-3-5-15(17)2/h3-13H,1-2H3,(H,22,23)/b21-13-. The lowest BCUT2D eigenvalue weighted by Gasteiger charge is -2.04. The van der Waals surface area contributed by atoms with Gasteiger partial charge in [0.15, 0.2) is 0 Å². The molecule has 0 saturated carbocycles. The largest absolute Gasteiger partial charge is 0.282 e. The minimum Gasteiger partial charge on any atom is -0.266 e. The highest BCUT2D eigenvalue weighted by Gasteiger charge is 2.13. The Morgan fingerprint density at radius 3 is 2.54 bits per heavy atom. The number of benzene rings is 2. The van der Waals surface area contributed by atoms with Crippen molar-refractivity contribution < 1.29 is 4.79 Å². The number of hydrogen-bond donors (Lipinski definition) is 1. The predicted molar refractivity (Wildman–Crippen MR) is 101 cm³/mol. The van der Waals surface area contributed by atoms with Gasteiger partial charge in [0.2, 0.25) is 0 Å². The van der Waals surface area contributed by atoms with Gasteiger partial charge in [0, 0.05) is 5.56 Å². The topological polar surface area (TPSA) is 41.5 Å². The predicted octanol–water partition coefficient (Wildman–Crippen LogP) is 4.80. The van der Waals surface area contributed by atoms with Gasteiger partial charge in [-0.25, -0.2) is 5.43 Å². The molecule has 3 rings (SSSR count). The SMILES string of the molecule is Cc1ccc(-c2ccsc2C(=O)N/N=C\c2ccccc2C)cc1. The summed E-state index contributed by atoms with van der Waals surface area (Å²) in [5.41, 5.74) is 7.90. The van der Waals surface area contributed by atoms with Gasteiger partial charge < -0.3 is 0 Å². The first-order valence-corrected chi connectivity index (χ1v) is 8.56. The molecule has 1 heterocycles. The lowest BCUT2D eigenvalue weighted by Crippen LogP contribution is -2.17. The molecular weight excluding hydrogens is 316 g/mol. The highest BCUT2D eigenvalue weighted by atomic mass is 32.1. The van der Waals surface area contributed by atoms with E-state index in [1.54, 1.807) is 6.21 Å². The summed E-state index contributed by atoms with van der Waals surface area (Å²) in [6.07, 6.45) is 1.67. The zero-order valence-corrected chi connectivity index (χ0v) is 14.4. The van der Waals surface area contributed by atoms with Crippen LogP contribution in [0.15, 0.2) is 65.1 Å². The van der Waals surface area contributed by atoms with Gasteiger partial charge in [-0.1, -0.05) is 54.1 Å². The third-order valence-electron chi connectivity index (χ3n) is 3.79. The molecule has 0 aliphatic heterocycles. The lowest BCUT2D eigenvalue weighted by molar-refractivity contribution is 0.0960. The summed E-state index contributed by atoms with van der Waals surface area (Å²) in [5, 5.41) is 6.02. The fourth-order valence-electron chi connectivity index (χ4n) is 2.39. The van der Waals surface area contributed by atoms with Crippen LogP contribution in [0.4, 0.5) is 0 Å². The zero-order chi connectivity index (χ0) is 16.9.